The zero-order chi connectivity index (χ0) is 11.5. The van der Waals surface area contributed by atoms with Gasteiger partial charge in [-0.1, -0.05) is 37.8 Å². The molecule has 0 atom stereocenters. The van der Waals surface area contributed by atoms with Crippen LogP contribution in [0, 0.1) is 0 Å². The molecule has 2 N–H and O–H groups in total. The van der Waals surface area contributed by atoms with Gasteiger partial charge in [0.2, 0.25) is 0 Å². The highest BCUT2D eigenvalue weighted by Crippen LogP contribution is 2.25. The molecule has 0 aromatic heterocycles. The molecular weight excluding hydrogens is 194 g/mol. The van der Waals surface area contributed by atoms with E-state index in [1.54, 1.807) is 0 Å². The van der Waals surface area contributed by atoms with Crippen molar-refractivity contribution in [3.8, 4) is 0 Å². The fourth-order valence-corrected chi connectivity index (χ4v) is 2.15. The molecule has 0 spiro atoms. The maximum atomic E-state index is 4.09. The lowest BCUT2D eigenvalue weighted by Crippen LogP contribution is -2.83. The van der Waals surface area contributed by atoms with Crippen LogP contribution in [0.1, 0.15) is 31.4 Å². The average Bonchev–Trinajstić information content (AvgIpc) is 2.32. The Labute approximate surface area is 97.9 Å². The summed E-state index contributed by atoms with van der Waals surface area (Å²) in [4.78, 5) is 0. The standard InChI is InChI=1S/C15H19N/c1-4-13-5-7-14(8-6-13)15-9-11(2)10-16-12(15)3/h5-8,16H,2,4,9-10H2,1,3H3/p+1. The van der Waals surface area contributed by atoms with E-state index in [2.05, 4.69) is 50.0 Å². The molecule has 16 heavy (non-hydrogen) atoms. The van der Waals surface area contributed by atoms with Crippen molar-refractivity contribution in [3.63, 3.8) is 0 Å². The molecule has 0 aliphatic carbocycles. The minimum atomic E-state index is 1.04. The van der Waals surface area contributed by atoms with Gasteiger partial charge in [0, 0.05) is 18.9 Å². The third-order valence-corrected chi connectivity index (χ3v) is 3.31. The summed E-state index contributed by atoms with van der Waals surface area (Å²) in [6.45, 7) is 9.53. The van der Waals surface area contributed by atoms with Gasteiger partial charge < -0.3 is 5.32 Å². The smallest absolute Gasteiger partial charge is 0.107 e. The average molecular weight is 214 g/mol. The molecule has 0 bridgehead atoms. The first-order valence-corrected chi connectivity index (χ1v) is 5.99. The first-order chi connectivity index (χ1) is 7.70. The summed E-state index contributed by atoms with van der Waals surface area (Å²) in [6, 6.07) is 8.94. The van der Waals surface area contributed by atoms with Gasteiger partial charge in [-0.15, -0.1) is 0 Å². The summed E-state index contributed by atoms with van der Waals surface area (Å²) in [5.41, 5.74) is 6.93. The van der Waals surface area contributed by atoms with Gasteiger partial charge in [0.05, 0.1) is 0 Å². The predicted octanol–water partition coefficient (Wildman–Crippen LogP) is 2.50. The number of benzene rings is 1. The van der Waals surface area contributed by atoms with Crippen molar-refractivity contribution in [1.29, 1.82) is 0 Å². The Morgan fingerprint density at radius 1 is 1.25 bits per heavy atom. The van der Waals surface area contributed by atoms with Crippen LogP contribution in [0.4, 0.5) is 0 Å². The van der Waals surface area contributed by atoms with Crippen molar-refractivity contribution in [1.82, 2.24) is 0 Å². The quantitative estimate of drug-likeness (QED) is 0.728. The van der Waals surface area contributed by atoms with Crippen LogP contribution in [0.15, 0.2) is 42.1 Å². The van der Waals surface area contributed by atoms with Crippen LogP contribution in [-0.2, 0) is 6.42 Å². The molecule has 1 heteroatoms. The van der Waals surface area contributed by atoms with Crippen LogP contribution in [0.25, 0.3) is 5.57 Å². The Hall–Kier alpha value is -1.34. The molecule has 0 unspecified atom stereocenters. The summed E-state index contributed by atoms with van der Waals surface area (Å²) in [5.74, 6) is 0. The number of quaternary nitrogens is 1. The van der Waals surface area contributed by atoms with Gasteiger partial charge in [0.15, 0.2) is 0 Å². The molecule has 0 amide bonds. The lowest BCUT2D eigenvalue weighted by molar-refractivity contribution is -0.599. The lowest BCUT2D eigenvalue weighted by atomic mass is 9.93. The molecule has 0 saturated heterocycles. The lowest BCUT2D eigenvalue weighted by Gasteiger charge is -2.17. The van der Waals surface area contributed by atoms with Crippen LogP contribution >= 0.6 is 0 Å². The SMILES string of the molecule is C=C1C[NH2+]C(C)=C(c2ccc(CC)cc2)C1. The first-order valence-electron chi connectivity index (χ1n) is 5.99. The van der Waals surface area contributed by atoms with Crippen molar-refractivity contribution in [2.75, 3.05) is 6.54 Å². The third-order valence-electron chi connectivity index (χ3n) is 3.31. The van der Waals surface area contributed by atoms with Crippen LogP contribution in [0.2, 0.25) is 0 Å². The van der Waals surface area contributed by atoms with Gasteiger partial charge in [-0.2, -0.15) is 0 Å². The summed E-state index contributed by atoms with van der Waals surface area (Å²) < 4.78 is 0. The highest BCUT2D eigenvalue weighted by molar-refractivity contribution is 5.69. The zero-order valence-corrected chi connectivity index (χ0v) is 10.2. The van der Waals surface area contributed by atoms with Crippen LogP contribution in [0.5, 0.6) is 0 Å². The number of hydrogen-bond donors (Lipinski definition) is 1. The van der Waals surface area contributed by atoms with E-state index in [0.29, 0.717) is 0 Å². The molecular formula is C15H20N+. The number of nitrogens with two attached hydrogens (primary N) is 1. The first kappa shape index (κ1) is 11.2. The van der Waals surface area contributed by atoms with E-state index < -0.39 is 0 Å². The second kappa shape index (κ2) is 4.67. The molecule has 1 heterocycles. The van der Waals surface area contributed by atoms with Crippen molar-refractivity contribution in [3.05, 3.63) is 53.2 Å². The second-order valence-corrected chi connectivity index (χ2v) is 4.55. The largest absolute Gasteiger partial charge is 0.314 e. The Morgan fingerprint density at radius 3 is 2.56 bits per heavy atom. The Morgan fingerprint density at radius 2 is 1.94 bits per heavy atom. The van der Waals surface area contributed by atoms with E-state index >= 15 is 0 Å². The maximum Gasteiger partial charge on any atom is 0.107 e. The third kappa shape index (κ3) is 2.25. The molecule has 1 nitrogen and oxygen atoms in total. The van der Waals surface area contributed by atoms with Gasteiger partial charge in [0.25, 0.3) is 0 Å². The minimum absolute atomic E-state index is 1.04. The Balaban J connectivity index is 2.32. The molecule has 2 rings (SSSR count). The fourth-order valence-electron chi connectivity index (χ4n) is 2.15. The number of aryl methyl sites for hydroxylation is 1. The minimum Gasteiger partial charge on any atom is -0.314 e. The van der Waals surface area contributed by atoms with Crippen LogP contribution in [-0.4, -0.2) is 6.54 Å². The molecule has 1 aromatic rings. The summed E-state index contributed by atoms with van der Waals surface area (Å²) in [7, 11) is 0. The Bertz CT molecular complexity index is 423. The predicted molar refractivity (Wildman–Crippen MR) is 69.0 cm³/mol. The van der Waals surface area contributed by atoms with E-state index in [1.807, 2.05) is 0 Å². The van der Waals surface area contributed by atoms with E-state index in [-0.39, 0.29) is 0 Å². The van der Waals surface area contributed by atoms with Crippen molar-refractivity contribution in [2.45, 2.75) is 26.7 Å². The summed E-state index contributed by atoms with van der Waals surface area (Å²) in [5, 5.41) is 2.29. The molecule has 0 radical (unpaired) electrons. The van der Waals surface area contributed by atoms with Crippen molar-refractivity contribution in [2.24, 2.45) is 0 Å². The van der Waals surface area contributed by atoms with E-state index in [9.17, 15) is 0 Å². The highest BCUT2D eigenvalue weighted by Gasteiger charge is 2.16. The van der Waals surface area contributed by atoms with Gasteiger partial charge in [-0.05, 0) is 23.1 Å². The maximum absolute atomic E-state index is 4.09. The van der Waals surface area contributed by atoms with Crippen molar-refractivity contribution < 1.29 is 5.32 Å². The summed E-state index contributed by atoms with van der Waals surface area (Å²) >= 11 is 0. The molecule has 84 valence electrons. The van der Waals surface area contributed by atoms with Gasteiger partial charge in [-0.25, -0.2) is 0 Å². The van der Waals surface area contributed by atoms with E-state index in [0.717, 1.165) is 19.4 Å². The topological polar surface area (TPSA) is 16.6 Å². The normalized spacial score (nSPS) is 16.8. The monoisotopic (exact) mass is 214 g/mol. The fraction of sp³-hybridized carbons (Fsp3) is 0.333. The highest BCUT2D eigenvalue weighted by atomic mass is 14.9. The van der Waals surface area contributed by atoms with Gasteiger partial charge in [0.1, 0.15) is 12.2 Å². The van der Waals surface area contributed by atoms with Crippen LogP contribution in [0.3, 0.4) is 0 Å². The number of hydrogen-bond acceptors (Lipinski definition) is 0. The molecule has 1 aliphatic rings. The van der Waals surface area contributed by atoms with E-state index in [1.165, 1.54) is 28.0 Å². The van der Waals surface area contributed by atoms with Gasteiger partial charge in [-0.3, -0.25) is 0 Å². The molecule has 0 fully saturated rings. The van der Waals surface area contributed by atoms with E-state index in [4.69, 9.17) is 0 Å². The van der Waals surface area contributed by atoms with Crippen LogP contribution < -0.4 is 5.32 Å². The summed E-state index contributed by atoms with van der Waals surface area (Å²) in [6.07, 6.45) is 2.14. The zero-order valence-electron chi connectivity index (χ0n) is 10.2. The molecule has 1 aliphatic heterocycles. The molecule has 1 aromatic carbocycles. The van der Waals surface area contributed by atoms with Crippen molar-refractivity contribution >= 4 is 5.57 Å². The number of rotatable bonds is 2. The van der Waals surface area contributed by atoms with Gasteiger partial charge >= 0.3 is 0 Å². The number of allylic oxidation sites excluding steroid dienone is 2. The molecule has 0 saturated carbocycles. The Kier molecular flexibility index (Phi) is 3.25. The second-order valence-electron chi connectivity index (χ2n) is 4.55.